The number of hydrogen-bond donors (Lipinski definition) is 1. The molecule has 1 heterocycles. The zero-order valence-corrected chi connectivity index (χ0v) is 22.4. The first kappa shape index (κ1) is 30.6. The number of amides is 1. The topological polar surface area (TPSA) is 41.6 Å². The molecule has 1 saturated heterocycles. The van der Waals surface area contributed by atoms with Crippen LogP contribution in [0.4, 0.5) is 26.3 Å². The highest BCUT2D eigenvalue weighted by Crippen LogP contribution is 2.36. The number of rotatable bonds is 10. The van der Waals surface area contributed by atoms with Crippen molar-refractivity contribution in [1.29, 1.82) is 0 Å². The summed E-state index contributed by atoms with van der Waals surface area (Å²) in [4.78, 5) is 15.3. The van der Waals surface area contributed by atoms with E-state index in [9.17, 15) is 31.1 Å². The number of alkyl halides is 6. The number of piperidine rings is 1. The third-order valence-corrected chi connectivity index (χ3v) is 7.09. The van der Waals surface area contributed by atoms with Gasteiger partial charge in [0.05, 0.1) is 24.3 Å². The maximum atomic E-state index is 13.2. The molecule has 1 atom stereocenters. The van der Waals surface area contributed by atoms with Gasteiger partial charge in [-0.3, -0.25) is 9.69 Å². The molecule has 0 radical (unpaired) electrons. The van der Waals surface area contributed by atoms with Crippen molar-refractivity contribution in [3.63, 3.8) is 0 Å². The fourth-order valence-electron chi connectivity index (χ4n) is 4.88. The molecule has 10 heteroatoms. The van der Waals surface area contributed by atoms with Crippen LogP contribution in [0.3, 0.4) is 0 Å². The maximum Gasteiger partial charge on any atom is 0.416 e. The summed E-state index contributed by atoms with van der Waals surface area (Å²) in [7, 11) is 0. The fraction of sp³-hybridized carbons (Fsp3) is 0.387. The molecule has 1 aliphatic rings. The zero-order valence-electron chi connectivity index (χ0n) is 22.4. The van der Waals surface area contributed by atoms with Gasteiger partial charge in [-0.15, -0.1) is 0 Å². The van der Waals surface area contributed by atoms with Gasteiger partial charge >= 0.3 is 12.4 Å². The lowest BCUT2D eigenvalue weighted by molar-refractivity contribution is -0.143. The number of benzene rings is 3. The molecule has 0 spiro atoms. The van der Waals surface area contributed by atoms with Crippen LogP contribution in [0.15, 0.2) is 72.8 Å². The lowest BCUT2D eigenvalue weighted by Gasteiger charge is -2.26. The summed E-state index contributed by atoms with van der Waals surface area (Å²) in [5.74, 6) is -0.672. The predicted molar refractivity (Wildman–Crippen MR) is 143 cm³/mol. The molecule has 1 fully saturated rings. The van der Waals surface area contributed by atoms with Gasteiger partial charge in [0.15, 0.2) is 0 Å². The average Bonchev–Trinajstić information content (AvgIpc) is 2.95. The Morgan fingerprint density at radius 2 is 1.41 bits per heavy atom. The smallest absolute Gasteiger partial charge is 0.376 e. The SMILES string of the molecule is O=C(NCC(COCc1cc(C(F)(F)F)cc(C(F)(F)F)c1)c1ccccc1)c1ccc(CN2CCCCC2)cc1. The van der Waals surface area contributed by atoms with E-state index in [2.05, 4.69) is 10.2 Å². The van der Waals surface area contributed by atoms with E-state index in [4.69, 9.17) is 4.74 Å². The van der Waals surface area contributed by atoms with Crippen molar-refractivity contribution in [2.75, 3.05) is 26.2 Å². The Morgan fingerprint density at radius 3 is 2.00 bits per heavy atom. The highest BCUT2D eigenvalue weighted by molar-refractivity contribution is 5.94. The largest absolute Gasteiger partial charge is 0.416 e. The molecule has 1 unspecified atom stereocenters. The lowest BCUT2D eigenvalue weighted by atomic mass is 9.99. The summed E-state index contributed by atoms with van der Waals surface area (Å²) < 4.78 is 84.8. The summed E-state index contributed by atoms with van der Waals surface area (Å²) in [6.07, 6.45) is -6.21. The molecule has 4 nitrogen and oxygen atoms in total. The quantitative estimate of drug-likeness (QED) is 0.254. The number of ether oxygens (including phenoxy) is 1. The maximum absolute atomic E-state index is 13.2. The van der Waals surface area contributed by atoms with E-state index < -0.39 is 30.1 Å². The first-order valence-corrected chi connectivity index (χ1v) is 13.5. The first-order chi connectivity index (χ1) is 19.5. The molecular formula is C31H32F6N2O2. The molecule has 41 heavy (non-hydrogen) atoms. The highest BCUT2D eigenvalue weighted by atomic mass is 19.4. The van der Waals surface area contributed by atoms with Gasteiger partial charge in [0, 0.05) is 24.6 Å². The van der Waals surface area contributed by atoms with E-state index in [-0.39, 0.29) is 36.6 Å². The van der Waals surface area contributed by atoms with Crippen LogP contribution in [0.5, 0.6) is 0 Å². The second kappa shape index (κ2) is 13.5. The molecule has 0 aliphatic carbocycles. The van der Waals surface area contributed by atoms with Crippen molar-refractivity contribution in [2.45, 2.75) is 50.7 Å². The van der Waals surface area contributed by atoms with Gasteiger partial charge in [0.1, 0.15) is 0 Å². The van der Waals surface area contributed by atoms with Crippen molar-refractivity contribution in [3.8, 4) is 0 Å². The second-order valence-electron chi connectivity index (χ2n) is 10.3. The van der Waals surface area contributed by atoms with Crippen molar-refractivity contribution >= 4 is 5.91 Å². The molecule has 1 amide bonds. The molecule has 1 aliphatic heterocycles. The molecule has 0 bridgehead atoms. The number of halogens is 6. The van der Waals surface area contributed by atoms with Gasteiger partial charge in [-0.25, -0.2) is 0 Å². The monoisotopic (exact) mass is 578 g/mol. The predicted octanol–water partition coefficient (Wildman–Crippen LogP) is 7.44. The Bertz CT molecular complexity index is 1240. The van der Waals surface area contributed by atoms with Crippen LogP contribution in [0, 0.1) is 0 Å². The molecule has 1 N–H and O–H groups in total. The van der Waals surface area contributed by atoms with Crippen LogP contribution in [-0.2, 0) is 30.2 Å². The summed E-state index contributed by atoms with van der Waals surface area (Å²) in [6, 6.07) is 17.9. The minimum absolute atomic E-state index is 0.0311. The van der Waals surface area contributed by atoms with Crippen molar-refractivity contribution in [3.05, 3.63) is 106 Å². The van der Waals surface area contributed by atoms with E-state index in [1.807, 2.05) is 30.3 Å². The van der Waals surface area contributed by atoms with E-state index in [1.165, 1.54) is 19.3 Å². The van der Waals surface area contributed by atoms with Gasteiger partial charge in [-0.05, 0) is 73.0 Å². The number of nitrogens with one attached hydrogen (secondary N) is 1. The summed E-state index contributed by atoms with van der Waals surface area (Å²) in [5.41, 5.74) is -0.595. The molecular weight excluding hydrogens is 546 g/mol. The summed E-state index contributed by atoms with van der Waals surface area (Å²) >= 11 is 0. The summed E-state index contributed by atoms with van der Waals surface area (Å²) in [6.45, 7) is 2.66. The number of carbonyl (C=O) groups excluding carboxylic acids is 1. The van der Waals surface area contributed by atoms with Crippen molar-refractivity contribution in [1.82, 2.24) is 10.2 Å². The number of hydrogen-bond acceptors (Lipinski definition) is 3. The third kappa shape index (κ3) is 9.06. The minimum atomic E-state index is -4.93. The van der Waals surface area contributed by atoms with Crippen LogP contribution in [0.2, 0.25) is 0 Å². The van der Waals surface area contributed by atoms with E-state index in [0.717, 1.165) is 30.8 Å². The van der Waals surface area contributed by atoms with E-state index in [0.29, 0.717) is 17.7 Å². The molecule has 4 rings (SSSR count). The number of nitrogens with zero attached hydrogens (tertiary/aromatic N) is 1. The van der Waals surface area contributed by atoms with E-state index in [1.54, 1.807) is 24.3 Å². The van der Waals surface area contributed by atoms with Crippen LogP contribution in [0.1, 0.15) is 63.4 Å². The van der Waals surface area contributed by atoms with Crippen molar-refractivity contribution in [2.24, 2.45) is 0 Å². The number of carbonyl (C=O) groups is 1. The molecule has 220 valence electrons. The van der Waals surface area contributed by atoms with Crippen LogP contribution in [0.25, 0.3) is 0 Å². The van der Waals surface area contributed by atoms with Crippen molar-refractivity contribution < 1.29 is 35.9 Å². The van der Waals surface area contributed by atoms with Crippen LogP contribution in [-0.4, -0.2) is 37.0 Å². The Kier molecular flexibility index (Phi) is 10.1. The zero-order chi connectivity index (χ0) is 29.5. The Morgan fingerprint density at radius 1 is 0.805 bits per heavy atom. The molecule has 3 aromatic rings. The second-order valence-corrected chi connectivity index (χ2v) is 10.3. The molecule has 0 aromatic heterocycles. The Labute approximate surface area is 235 Å². The van der Waals surface area contributed by atoms with Gasteiger partial charge in [0.25, 0.3) is 5.91 Å². The van der Waals surface area contributed by atoms with E-state index >= 15 is 0 Å². The molecule has 0 saturated carbocycles. The Hall–Kier alpha value is -3.37. The lowest BCUT2D eigenvalue weighted by Crippen LogP contribution is -2.30. The van der Waals surface area contributed by atoms with Crippen LogP contribution < -0.4 is 5.32 Å². The molecule has 3 aromatic carbocycles. The standard InChI is InChI=1S/C31H32F6N2O2/c32-30(33,34)27-15-23(16-28(17-27)31(35,36)37)20-41-21-26(24-7-3-1-4-8-24)18-38-29(40)25-11-9-22(10-12-25)19-39-13-5-2-6-14-39/h1,3-4,7-12,15-17,26H,2,5-6,13-14,18-21H2,(H,38,40). The Balaban J connectivity index is 1.38. The third-order valence-electron chi connectivity index (χ3n) is 7.09. The van der Waals surface area contributed by atoms with Gasteiger partial charge < -0.3 is 10.1 Å². The van der Waals surface area contributed by atoms with Gasteiger partial charge in [0.2, 0.25) is 0 Å². The van der Waals surface area contributed by atoms with Gasteiger partial charge in [-0.1, -0.05) is 48.9 Å². The van der Waals surface area contributed by atoms with Crippen LogP contribution >= 0.6 is 0 Å². The minimum Gasteiger partial charge on any atom is -0.376 e. The normalized spacial score (nSPS) is 15.5. The first-order valence-electron chi connectivity index (χ1n) is 13.5. The van der Waals surface area contributed by atoms with Gasteiger partial charge in [-0.2, -0.15) is 26.3 Å². The highest BCUT2D eigenvalue weighted by Gasteiger charge is 2.36. The fourth-order valence-corrected chi connectivity index (χ4v) is 4.88. The number of likely N-dealkylation sites (tertiary alicyclic amines) is 1. The average molecular weight is 579 g/mol. The summed E-state index contributed by atoms with van der Waals surface area (Å²) in [5, 5.41) is 2.88.